The Hall–Kier alpha value is -2.84. The number of rotatable bonds is 6. The molecule has 1 atom stereocenters. The van der Waals surface area contributed by atoms with Crippen molar-refractivity contribution in [2.75, 3.05) is 13.2 Å². The minimum atomic E-state index is -0.409. The molecule has 0 aromatic heterocycles. The molecule has 0 unspecified atom stereocenters. The highest BCUT2D eigenvalue weighted by molar-refractivity contribution is 5.89. The third-order valence-electron chi connectivity index (χ3n) is 3.98. The number of ether oxygens (including phenoxy) is 3. The Labute approximate surface area is 146 Å². The zero-order valence-corrected chi connectivity index (χ0v) is 13.8. The highest BCUT2D eigenvalue weighted by atomic mass is 16.5. The Morgan fingerprint density at radius 1 is 1.24 bits per heavy atom. The standard InChI is InChI=1S/C20H19NO4/c21-12-15-3-1-4-16(11-15)13-25-20(22)17-6-8-18(9-7-17)24-14-19-5-2-10-23-19/h1,3-4,6-9,11,19H,2,5,10,13-14H2/t19-/m1/s1. The van der Waals surface area contributed by atoms with Crippen LogP contribution in [0, 0.1) is 11.3 Å². The van der Waals surface area contributed by atoms with Crippen molar-refractivity contribution in [3.8, 4) is 11.8 Å². The molecule has 1 fully saturated rings. The third kappa shape index (κ3) is 4.82. The molecule has 0 aliphatic carbocycles. The number of carbonyl (C=O) groups excluding carboxylic acids is 1. The fourth-order valence-electron chi connectivity index (χ4n) is 2.62. The molecule has 0 bridgehead atoms. The van der Waals surface area contributed by atoms with Gasteiger partial charge in [0.05, 0.1) is 23.3 Å². The molecule has 1 saturated heterocycles. The van der Waals surface area contributed by atoms with Crippen LogP contribution in [-0.4, -0.2) is 25.3 Å². The molecule has 25 heavy (non-hydrogen) atoms. The largest absolute Gasteiger partial charge is 0.491 e. The second-order valence-corrected chi connectivity index (χ2v) is 5.86. The van der Waals surface area contributed by atoms with Gasteiger partial charge in [0.1, 0.15) is 19.0 Å². The molecular formula is C20H19NO4. The monoisotopic (exact) mass is 337 g/mol. The van der Waals surface area contributed by atoms with Gasteiger partial charge in [-0.15, -0.1) is 0 Å². The zero-order valence-electron chi connectivity index (χ0n) is 13.8. The fraction of sp³-hybridized carbons (Fsp3) is 0.300. The molecule has 0 radical (unpaired) electrons. The van der Waals surface area contributed by atoms with Crippen molar-refractivity contribution in [2.24, 2.45) is 0 Å². The van der Waals surface area contributed by atoms with Crippen molar-refractivity contribution >= 4 is 5.97 Å². The van der Waals surface area contributed by atoms with E-state index in [-0.39, 0.29) is 12.7 Å². The van der Waals surface area contributed by atoms with Crippen LogP contribution in [0.3, 0.4) is 0 Å². The summed E-state index contributed by atoms with van der Waals surface area (Å²) in [5, 5.41) is 8.88. The number of carbonyl (C=O) groups is 1. The van der Waals surface area contributed by atoms with Gasteiger partial charge in [-0.25, -0.2) is 4.79 Å². The van der Waals surface area contributed by atoms with Gasteiger partial charge in [0, 0.05) is 6.61 Å². The normalized spacial score (nSPS) is 16.2. The number of hydrogen-bond acceptors (Lipinski definition) is 5. The highest BCUT2D eigenvalue weighted by Gasteiger charge is 2.16. The highest BCUT2D eigenvalue weighted by Crippen LogP contribution is 2.17. The molecule has 2 aromatic carbocycles. The topological polar surface area (TPSA) is 68.5 Å². The average molecular weight is 337 g/mol. The molecule has 128 valence electrons. The van der Waals surface area contributed by atoms with Crippen LogP contribution in [0.25, 0.3) is 0 Å². The van der Waals surface area contributed by atoms with E-state index in [1.54, 1.807) is 42.5 Å². The second kappa shape index (κ2) is 8.32. The van der Waals surface area contributed by atoms with Crippen LogP contribution >= 0.6 is 0 Å². The van der Waals surface area contributed by atoms with Crippen LogP contribution in [0.2, 0.25) is 0 Å². The summed E-state index contributed by atoms with van der Waals surface area (Å²) in [4.78, 5) is 12.1. The first-order valence-electron chi connectivity index (χ1n) is 8.25. The molecule has 0 N–H and O–H groups in total. The molecule has 0 amide bonds. The smallest absolute Gasteiger partial charge is 0.338 e. The summed E-state index contributed by atoms with van der Waals surface area (Å²) < 4.78 is 16.5. The summed E-state index contributed by atoms with van der Waals surface area (Å²) in [5.74, 6) is 0.293. The number of esters is 1. The van der Waals surface area contributed by atoms with E-state index in [0.29, 0.717) is 23.5 Å². The lowest BCUT2D eigenvalue weighted by Gasteiger charge is -2.11. The van der Waals surface area contributed by atoms with Crippen molar-refractivity contribution < 1.29 is 19.0 Å². The lowest BCUT2D eigenvalue weighted by atomic mass is 10.1. The van der Waals surface area contributed by atoms with Crippen LogP contribution in [-0.2, 0) is 16.1 Å². The van der Waals surface area contributed by atoms with E-state index >= 15 is 0 Å². The number of benzene rings is 2. The van der Waals surface area contributed by atoms with Crippen LogP contribution in [0.4, 0.5) is 0 Å². The zero-order chi connectivity index (χ0) is 17.5. The number of nitrogens with zero attached hydrogens (tertiary/aromatic N) is 1. The molecule has 0 spiro atoms. The van der Waals surface area contributed by atoms with E-state index in [4.69, 9.17) is 19.5 Å². The average Bonchev–Trinajstić information content (AvgIpc) is 3.18. The third-order valence-corrected chi connectivity index (χ3v) is 3.98. The van der Waals surface area contributed by atoms with Crippen molar-refractivity contribution in [3.63, 3.8) is 0 Å². The van der Waals surface area contributed by atoms with Crippen molar-refractivity contribution in [3.05, 3.63) is 65.2 Å². The van der Waals surface area contributed by atoms with E-state index < -0.39 is 5.97 Å². The Bertz CT molecular complexity index is 758. The van der Waals surface area contributed by atoms with Crippen molar-refractivity contribution in [2.45, 2.75) is 25.6 Å². The van der Waals surface area contributed by atoms with E-state index in [1.807, 2.05) is 6.07 Å². The minimum Gasteiger partial charge on any atom is -0.491 e. The molecule has 1 aliphatic rings. The molecule has 2 aromatic rings. The predicted octanol–water partition coefficient (Wildman–Crippen LogP) is 3.47. The van der Waals surface area contributed by atoms with Gasteiger partial charge in [0.15, 0.2) is 0 Å². The molecule has 1 heterocycles. The molecule has 5 heteroatoms. The van der Waals surface area contributed by atoms with Crippen LogP contribution < -0.4 is 4.74 Å². The van der Waals surface area contributed by atoms with Gasteiger partial charge < -0.3 is 14.2 Å². The van der Waals surface area contributed by atoms with Gasteiger partial charge in [-0.05, 0) is 54.8 Å². The lowest BCUT2D eigenvalue weighted by Crippen LogP contribution is -2.16. The summed E-state index contributed by atoms with van der Waals surface area (Å²) in [7, 11) is 0. The quantitative estimate of drug-likeness (QED) is 0.755. The number of nitriles is 1. The summed E-state index contributed by atoms with van der Waals surface area (Å²) in [6, 6.07) is 15.9. The number of hydrogen-bond donors (Lipinski definition) is 0. The van der Waals surface area contributed by atoms with E-state index in [0.717, 1.165) is 25.0 Å². The summed E-state index contributed by atoms with van der Waals surface area (Å²) in [5.41, 5.74) is 1.78. The van der Waals surface area contributed by atoms with Crippen LogP contribution in [0.1, 0.15) is 34.3 Å². The predicted molar refractivity (Wildman–Crippen MR) is 91.2 cm³/mol. The van der Waals surface area contributed by atoms with E-state index in [2.05, 4.69) is 6.07 Å². The Kier molecular flexibility index (Phi) is 5.65. The van der Waals surface area contributed by atoms with Gasteiger partial charge in [0.25, 0.3) is 0 Å². The van der Waals surface area contributed by atoms with Gasteiger partial charge in [-0.3, -0.25) is 0 Å². The van der Waals surface area contributed by atoms with Crippen molar-refractivity contribution in [1.29, 1.82) is 5.26 Å². The molecule has 3 rings (SSSR count). The first-order chi connectivity index (χ1) is 12.2. The first-order valence-corrected chi connectivity index (χ1v) is 8.25. The first kappa shape index (κ1) is 17.0. The van der Waals surface area contributed by atoms with E-state index in [1.165, 1.54) is 0 Å². The fourth-order valence-corrected chi connectivity index (χ4v) is 2.62. The maximum absolute atomic E-state index is 12.1. The molecule has 1 aliphatic heterocycles. The SMILES string of the molecule is N#Cc1cccc(COC(=O)c2ccc(OC[C@H]3CCCO3)cc2)c1. The maximum Gasteiger partial charge on any atom is 0.338 e. The molecule has 0 saturated carbocycles. The lowest BCUT2D eigenvalue weighted by molar-refractivity contribution is 0.0472. The molecular weight excluding hydrogens is 318 g/mol. The van der Waals surface area contributed by atoms with E-state index in [9.17, 15) is 4.79 Å². The maximum atomic E-state index is 12.1. The van der Waals surface area contributed by atoms with Gasteiger partial charge in [-0.1, -0.05) is 12.1 Å². The van der Waals surface area contributed by atoms with Gasteiger partial charge >= 0.3 is 5.97 Å². The van der Waals surface area contributed by atoms with Crippen LogP contribution in [0.15, 0.2) is 48.5 Å². The van der Waals surface area contributed by atoms with Crippen molar-refractivity contribution in [1.82, 2.24) is 0 Å². The summed E-state index contributed by atoms with van der Waals surface area (Å²) >= 11 is 0. The molecule has 5 nitrogen and oxygen atoms in total. The minimum absolute atomic E-state index is 0.131. The van der Waals surface area contributed by atoms with Gasteiger partial charge in [0.2, 0.25) is 0 Å². The summed E-state index contributed by atoms with van der Waals surface area (Å²) in [6.07, 6.45) is 2.27. The van der Waals surface area contributed by atoms with Crippen LogP contribution in [0.5, 0.6) is 5.75 Å². The Morgan fingerprint density at radius 3 is 2.80 bits per heavy atom. The van der Waals surface area contributed by atoms with Gasteiger partial charge in [-0.2, -0.15) is 5.26 Å². The Morgan fingerprint density at radius 2 is 2.08 bits per heavy atom. The Balaban J connectivity index is 1.50. The second-order valence-electron chi connectivity index (χ2n) is 5.86. The summed E-state index contributed by atoms with van der Waals surface area (Å²) in [6.45, 7) is 1.46.